The van der Waals surface area contributed by atoms with E-state index in [0.717, 1.165) is 25.7 Å². The maximum Gasteiger partial charge on any atom is 0.411 e. The van der Waals surface area contributed by atoms with E-state index in [2.05, 4.69) is 22.0 Å². The number of benzene rings is 1. The molecule has 1 atom stereocenters. The summed E-state index contributed by atoms with van der Waals surface area (Å²) in [7, 11) is 0. The lowest BCUT2D eigenvalue weighted by Crippen LogP contribution is -2.54. The zero-order valence-electron chi connectivity index (χ0n) is 27.0. The van der Waals surface area contributed by atoms with Crippen molar-refractivity contribution in [2.75, 3.05) is 49.5 Å². The summed E-state index contributed by atoms with van der Waals surface area (Å²) in [6, 6.07) is 8.26. The average molecular weight is 602 g/mol. The second-order valence-electron chi connectivity index (χ2n) is 12.4. The average Bonchev–Trinajstić information content (AvgIpc) is 2.93. The number of nitrogens with one attached hydrogen (secondary N) is 1. The minimum atomic E-state index is -0.872. The van der Waals surface area contributed by atoms with E-state index in [1.807, 2.05) is 41.5 Å². The van der Waals surface area contributed by atoms with Gasteiger partial charge in [0.2, 0.25) is 0 Å². The van der Waals surface area contributed by atoms with Gasteiger partial charge in [-0.3, -0.25) is 24.1 Å². The zero-order chi connectivity index (χ0) is 31.7. The Labute approximate surface area is 255 Å². The van der Waals surface area contributed by atoms with Crippen LogP contribution in [0, 0.1) is 0 Å². The Morgan fingerprint density at radius 1 is 0.953 bits per heavy atom. The van der Waals surface area contributed by atoms with Crippen molar-refractivity contribution >= 4 is 17.6 Å². The fourth-order valence-corrected chi connectivity index (χ4v) is 5.21. The predicted octanol–water partition coefficient (Wildman–Crippen LogP) is 4.64. The minimum absolute atomic E-state index is 0.0927. The molecule has 1 aromatic carbocycles. The van der Waals surface area contributed by atoms with E-state index in [9.17, 15) is 19.5 Å². The summed E-state index contributed by atoms with van der Waals surface area (Å²) in [6.45, 7) is 16.8. The lowest BCUT2D eigenvalue weighted by Gasteiger charge is -2.40. The number of piperazine rings is 1. The highest BCUT2D eigenvalue weighted by molar-refractivity contribution is 5.84. The summed E-state index contributed by atoms with van der Waals surface area (Å²) in [4.78, 5) is 42.2. The second kappa shape index (κ2) is 15.4. The molecule has 0 spiro atoms. The molecule has 1 amide bonds. The van der Waals surface area contributed by atoms with Gasteiger partial charge in [0.1, 0.15) is 23.3 Å². The SMILES string of the molecule is CCCCCCOC(=O)Nc1ccc(OC(C)(C)C(O)CN2CCN(c3cc(=O)n(C(C)C)c(=O)n3C(C)C)CC2)cc1. The maximum absolute atomic E-state index is 13.2. The van der Waals surface area contributed by atoms with Crippen molar-refractivity contribution in [3.8, 4) is 5.75 Å². The number of carbonyl (C=O) groups excluding carboxylic acids is 1. The molecule has 1 aromatic heterocycles. The van der Waals surface area contributed by atoms with Crippen LogP contribution in [-0.2, 0) is 4.74 Å². The van der Waals surface area contributed by atoms with Gasteiger partial charge < -0.3 is 19.5 Å². The van der Waals surface area contributed by atoms with Crippen molar-refractivity contribution in [2.45, 2.75) is 97.9 Å². The number of anilines is 2. The molecule has 11 nitrogen and oxygen atoms in total. The van der Waals surface area contributed by atoms with Gasteiger partial charge in [-0.25, -0.2) is 9.59 Å². The van der Waals surface area contributed by atoms with Crippen molar-refractivity contribution < 1.29 is 19.4 Å². The lowest BCUT2D eigenvalue weighted by molar-refractivity contribution is -0.0449. The van der Waals surface area contributed by atoms with Crippen LogP contribution in [0.4, 0.5) is 16.3 Å². The first-order chi connectivity index (χ1) is 20.3. The number of hydrogen-bond acceptors (Lipinski definition) is 8. The third-order valence-corrected chi connectivity index (χ3v) is 7.82. The van der Waals surface area contributed by atoms with E-state index < -0.39 is 17.8 Å². The molecule has 0 bridgehead atoms. The number of nitrogens with zero attached hydrogens (tertiary/aromatic N) is 4. The second-order valence-corrected chi connectivity index (χ2v) is 12.4. The molecule has 0 aliphatic carbocycles. The Kier molecular flexibility index (Phi) is 12.3. The maximum atomic E-state index is 13.2. The van der Waals surface area contributed by atoms with Gasteiger partial charge in [-0.15, -0.1) is 0 Å². The fraction of sp³-hybridized carbons (Fsp3) is 0.656. The van der Waals surface area contributed by atoms with Crippen LogP contribution in [0.25, 0.3) is 0 Å². The van der Waals surface area contributed by atoms with Crippen LogP contribution in [0.1, 0.15) is 86.2 Å². The van der Waals surface area contributed by atoms with Crippen LogP contribution in [0.2, 0.25) is 0 Å². The van der Waals surface area contributed by atoms with E-state index in [-0.39, 0.29) is 23.3 Å². The normalized spacial score (nSPS) is 15.2. The van der Waals surface area contributed by atoms with Crippen LogP contribution in [0.3, 0.4) is 0 Å². The number of carbonyl (C=O) groups is 1. The molecular formula is C32H51N5O6. The number of unbranched alkanes of at least 4 members (excludes halogenated alkanes) is 3. The topological polar surface area (TPSA) is 118 Å². The number of β-amino-alcohol motifs (C(OH)–C–C–N with tert-alkyl or cyclic N) is 1. The summed E-state index contributed by atoms with van der Waals surface area (Å²) in [5, 5.41) is 13.8. The number of aliphatic hydroxyl groups is 1. The smallest absolute Gasteiger partial charge is 0.411 e. The Hall–Kier alpha value is -3.31. The first kappa shape index (κ1) is 34.2. The summed E-state index contributed by atoms with van der Waals surface area (Å²) >= 11 is 0. The summed E-state index contributed by atoms with van der Waals surface area (Å²) in [5.74, 6) is 1.22. The Morgan fingerprint density at radius 3 is 2.16 bits per heavy atom. The van der Waals surface area contributed by atoms with Gasteiger partial charge in [0.05, 0.1) is 6.61 Å². The van der Waals surface area contributed by atoms with Crippen LogP contribution in [0.15, 0.2) is 39.9 Å². The molecule has 2 N–H and O–H groups in total. The number of amides is 1. The van der Waals surface area contributed by atoms with E-state index in [1.54, 1.807) is 34.9 Å². The van der Waals surface area contributed by atoms with Crippen molar-refractivity contribution in [1.82, 2.24) is 14.0 Å². The molecule has 1 aliphatic heterocycles. The molecule has 11 heteroatoms. The van der Waals surface area contributed by atoms with E-state index in [0.29, 0.717) is 56.6 Å². The van der Waals surface area contributed by atoms with Gasteiger partial charge in [-0.2, -0.15) is 0 Å². The monoisotopic (exact) mass is 601 g/mol. The molecule has 3 rings (SSSR count). The largest absolute Gasteiger partial charge is 0.485 e. The summed E-state index contributed by atoms with van der Waals surface area (Å²) in [5.41, 5.74) is -0.842. The number of hydrogen-bond donors (Lipinski definition) is 2. The highest BCUT2D eigenvalue weighted by Gasteiger charge is 2.33. The first-order valence-corrected chi connectivity index (χ1v) is 15.6. The number of aromatic nitrogens is 2. The Bertz CT molecular complexity index is 1290. The van der Waals surface area contributed by atoms with Gasteiger partial charge in [0.15, 0.2) is 0 Å². The molecule has 2 heterocycles. The molecule has 240 valence electrons. The first-order valence-electron chi connectivity index (χ1n) is 15.6. The van der Waals surface area contributed by atoms with Crippen molar-refractivity contribution in [3.05, 3.63) is 51.2 Å². The molecule has 1 fully saturated rings. The van der Waals surface area contributed by atoms with Gasteiger partial charge in [0, 0.05) is 56.6 Å². The highest BCUT2D eigenvalue weighted by atomic mass is 16.5. The van der Waals surface area contributed by atoms with Crippen LogP contribution in [-0.4, -0.2) is 76.3 Å². The van der Waals surface area contributed by atoms with Gasteiger partial charge in [0.25, 0.3) is 5.56 Å². The number of ether oxygens (including phenoxy) is 2. The van der Waals surface area contributed by atoms with Crippen molar-refractivity contribution in [2.24, 2.45) is 0 Å². The number of rotatable bonds is 14. The third-order valence-electron chi connectivity index (χ3n) is 7.82. The summed E-state index contributed by atoms with van der Waals surface area (Å²) < 4.78 is 14.4. The van der Waals surface area contributed by atoms with E-state index in [4.69, 9.17) is 9.47 Å². The molecule has 0 radical (unpaired) electrons. The molecule has 2 aromatic rings. The van der Waals surface area contributed by atoms with Gasteiger partial charge in [-0.05, 0) is 72.2 Å². The summed E-state index contributed by atoms with van der Waals surface area (Å²) in [6.07, 6.45) is 2.92. The van der Waals surface area contributed by atoms with E-state index >= 15 is 0 Å². The molecular weight excluding hydrogens is 550 g/mol. The van der Waals surface area contributed by atoms with Gasteiger partial charge in [-0.1, -0.05) is 26.2 Å². The Balaban J connectivity index is 1.53. The molecule has 1 unspecified atom stereocenters. The molecule has 0 saturated carbocycles. The Morgan fingerprint density at radius 2 is 1.58 bits per heavy atom. The lowest BCUT2D eigenvalue weighted by atomic mass is 10.0. The van der Waals surface area contributed by atoms with Crippen LogP contribution < -0.4 is 26.2 Å². The standard InChI is InChI=1S/C32H51N5O6/c1-8-9-10-11-20-42-30(40)33-25-12-14-26(15-13-25)43-32(6,7)27(38)22-34-16-18-35(19-17-34)28-21-29(39)37(24(4)5)31(41)36(28)23(2)3/h12-15,21,23-24,27,38H,8-11,16-20,22H2,1-7H3,(H,33,40). The quantitative estimate of drug-likeness (QED) is 0.301. The van der Waals surface area contributed by atoms with Gasteiger partial charge >= 0.3 is 11.8 Å². The molecule has 1 aliphatic rings. The molecule has 43 heavy (non-hydrogen) atoms. The number of aliphatic hydroxyl groups excluding tert-OH is 1. The predicted molar refractivity (Wildman–Crippen MR) is 171 cm³/mol. The van der Waals surface area contributed by atoms with E-state index in [1.165, 1.54) is 4.57 Å². The molecule has 1 saturated heterocycles. The fourth-order valence-electron chi connectivity index (χ4n) is 5.21. The highest BCUT2D eigenvalue weighted by Crippen LogP contribution is 2.25. The zero-order valence-corrected chi connectivity index (χ0v) is 27.0. The van der Waals surface area contributed by atoms with Crippen LogP contribution in [0.5, 0.6) is 5.75 Å². The third kappa shape index (κ3) is 9.34. The van der Waals surface area contributed by atoms with Crippen LogP contribution >= 0.6 is 0 Å². The minimum Gasteiger partial charge on any atom is -0.485 e. The van der Waals surface area contributed by atoms with Crippen molar-refractivity contribution in [3.63, 3.8) is 0 Å². The van der Waals surface area contributed by atoms with Crippen molar-refractivity contribution in [1.29, 1.82) is 0 Å².